The highest BCUT2D eigenvalue weighted by Gasteiger charge is 2.27. The summed E-state index contributed by atoms with van der Waals surface area (Å²) in [6, 6.07) is 2.20. The molecule has 0 heterocycles. The van der Waals surface area contributed by atoms with Crippen LogP contribution in [0.2, 0.25) is 0 Å². The molecule has 1 heteroatoms. The summed E-state index contributed by atoms with van der Waals surface area (Å²) in [6.07, 6.45) is 14.5. The lowest BCUT2D eigenvalue weighted by molar-refractivity contribution is 0.195. The minimum absolute atomic E-state index is 0.876. The average Bonchev–Trinajstić information content (AvgIpc) is 2.65. The first-order valence-electron chi connectivity index (χ1n) is 11.1. The highest BCUT2D eigenvalue weighted by molar-refractivity contribution is 5.48. The quantitative estimate of drug-likeness (QED) is 0.542. The predicted molar refractivity (Wildman–Crippen MR) is 112 cm³/mol. The molecule has 1 aromatic carbocycles. The Morgan fingerprint density at radius 1 is 0.808 bits per heavy atom. The fourth-order valence-electron chi connectivity index (χ4n) is 5.60. The molecule has 0 aromatic heterocycles. The first-order chi connectivity index (χ1) is 12.5. The summed E-state index contributed by atoms with van der Waals surface area (Å²) in [6.45, 7) is 9.21. The van der Waals surface area contributed by atoms with Gasteiger partial charge in [0.05, 0.1) is 7.11 Å². The maximum Gasteiger partial charge on any atom is 0.122 e. The third-order valence-electron chi connectivity index (χ3n) is 7.70. The van der Waals surface area contributed by atoms with Crippen molar-refractivity contribution in [1.29, 1.82) is 0 Å². The van der Waals surface area contributed by atoms with Crippen LogP contribution >= 0.6 is 0 Å². The zero-order valence-electron chi connectivity index (χ0n) is 17.9. The molecule has 26 heavy (non-hydrogen) atoms. The number of ether oxygens (including phenoxy) is 1. The van der Waals surface area contributed by atoms with E-state index in [9.17, 15) is 0 Å². The van der Waals surface area contributed by atoms with Gasteiger partial charge >= 0.3 is 0 Å². The molecule has 0 N–H and O–H groups in total. The lowest BCUT2D eigenvalue weighted by Crippen LogP contribution is -2.21. The number of aryl methyl sites for hydroxylation is 1. The summed E-state index contributed by atoms with van der Waals surface area (Å²) in [5.41, 5.74) is 5.80. The first kappa shape index (κ1) is 19.8. The fourth-order valence-corrected chi connectivity index (χ4v) is 5.60. The first-order valence-corrected chi connectivity index (χ1v) is 11.1. The molecule has 0 unspecified atom stereocenters. The molecule has 2 aliphatic rings. The Morgan fingerprint density at radius 3 is 1.92 bits per heavy atom. The Kier molecular flexibility index (Phi) is 6.70. The molecule has 2 aliphatic carbocycles. The predicted octanol–water partition coefficient (Wildman–Crippen LogP) is 7.19. The molecule has 3 rings (SSSR count). The summed E-state index contributed by atoms with van der Waals surface area (Å²) in [4.78, 5) is 0. The Labute approximate surface area is 161 Å². The Balaban J connectivity index is 1.54. The number of benzene rings is 1. The molecule has 0 spiro atoms. The van der Waals surface area contributed by atoms with Crippen molar-refractivity contribution < 1.29 is 4.74 Å². The van der Waals surface area contributed by atoms with Crippen LogP contribution in [0.3, 0.4) is 0 Å². The monoisotopic (exact) mass is 356 g/mol. The van der Waals surface area contributed by atoms with Gasteiger partial charge in [0, 0.05) is 0 Å². The van der Waals surface area contributed by atoms with Crippen LogP contribution in [0, 0.1) is 44.4 Å². The Bertz CT molecular complexity index is 587. The summed E-state index contributed by atoms with van der Waals surface area (Å²) >= 11 is 0. The van der Waals surface area contributed by atoms with Gasteiger partial charge in [-0.05, 0) is 98.4 Å². The second-order valence-corrected chi connectivity index (χ2v) is 9.58. The van der Waals surface area contributed by atoms with Gasteiger partial charge in [-0.1, -0.05) is 45.4 Å². The molecule has 0 aliphatic heterocycles. The number of hydrogen-bond donors (Lipinski definition) is 0. The van der Waals surface area contributed by atoms with Crippen molar-refractivity contribution in [2.24, 2.45) is 23.7 Å². The smallest absolute Gasteiger partial charge is 0.122 e. The zero-order valence-corrected chi connectivity index (χ0v) is 17.9. The molecule has 1 aromatic rings. The Morgan fingerprint density at radius 2 is 1.35 bits per heavy atom. The van der Waals surface area contributed by atoms with Crippen molar-refractivity contribution in [2.75, 3.05) is 7.11 Å². The van der Waals surface area contributed by atoms with Gasteiger partial charge in [-0.3, -0.25) is 0 Å². The molecular weight excluding hydrogens is 316 g/mol. The largest absolute Gasteiger partial charge is 0.496 e. The van der Waals surface area contributed by atoms with Crippen molar-refractivity contribution in [3.8, 4) is 5.75 Å². The van der Waals surface area contributed by atoms with E-state index in [1.807, 2.05) is 0 Å². The minimum atomic E-state index is 0.876. The van der Waals surface area contributed by atoms with Crippen LogP contribution in [0.5, 0.6) is 5.75 Å². The molecule has 0 amide bonds. The van der Waals surface area contributed by atoms with Gasteiger partial charge in [-0.25, -0.2) is 0 Å². The summed E-state index contributed by atoms with van der Waals surface area (Å²) in [7, 11) is 1.80. The van der Waals surface area contributed by atoms with Crippen LogP contribution in [0.1, 0.15) is 87.0 Å². The van der Waals surface area contributed by atoms with E-state index < -0.39 is 0 Å². The van der Waals surface area contributed by atoms with Gasteiger partial charge in [0.1, 0.15) is 5.75 Å². The van der Waals surface area contributed by atoms with E-state index in [1.165, 1.54) is 80.9 Å². The second-order valence-electron chi connectivity index (χ2n) is 9.58. The van der Waals surface area contributed by atoms with Crippen molar-refractivity contribution >= 4 is 0 Å². The van der Waals surface area contributed by atoms with Crippen LogP contribution in [0.15, 0.2) is 6.07 Å². The van der Waals surface area contributed by atoms with E-state index in [4.69, 9.17) is 4.74 Å². The molecule has 2 fully saturated rings. The van der Waals surface area contributed by atoms with Crippen LogP contribution < -0.4 is 4.74 Å². The fraction of sp³-hybridized carbons (Fsp3) is 0.760. The maximum absolute atomic E-state index is 5.62. The summed E-state index contributed by atoms with van der Waals surface area (Å²) < 4.78 is 5.62. The van der Waals surface area contributed by atoms with Gasteiger partial charge in [0.25, 0.3) is 0 Å². The van der Waals surface area contributed by atoms with Gasteiger partial charge in [-0.2, -0.15) is 0 Å². The normalized spacial score (nSPS) is 29.6. The average molecular weight is 357 g/mol. The van der Waals surface area contributed by atoms with E-state index in [1.54, 1.807) is 12.7 Å². The van der Waals surface area contributed by atoms with Crippen molar-refractivity contribution in [3.63, 3.8) is 0 Å². The molecule has 0 saturated heterocycles. The molecule has 146 valence electrons. The summed E-state index contributed by atoms with van der Waals surface area (Å²) in [5, 5.41) is 0. The van der Waals surface area contributed by atoms with E-state index in [0.29, 0.717) is 0 Å². The third-order valence-corrected chi connectivity index (χ3v) is 7.70. The molecule has 0 radical (unpaired) electrons. The Hall–Kier alpha value is -0.980. The van der Waals surface area contributed by atoms with Crippen molar-refractivity contribution in [1.82, 2.24) is 0 Å². The van der Waals surface area contributed by atoms with E-state index in [-0.39, 0.29) is 0 Å². The highest BCUT2D eigenvalue weighted by atomic mass is 16.5. The van der Waals surface area contributed by atoms with E-state index in [2.05, 4.69) is 33.8 Å². The lowest BCUT2D eigenvalue weighted by atomic mass is 9.72. The molecule has 1 nitrogen and oxygen atoms in total. The topological polar surface area (TPSA) is 9.23 Å². The molecule has 0 atom stereocenters. The van der Waals surface area contributed by atoms with Gasteiger partial charge in [0.2, 0.25) is 0 Å². The van der Waals surface area contributed by atoms with Gasteiger partial charge in [0.15, 0.2) is 0 Å². The SMILES string of the molecule is COc1cc(C)c(C)c(CC2CCC(CC3CCC(C)CC3)CC2)c1C. The van der Waals surface area contributed by atoms with Crippen LogP contribution in [-0.2, 0) is 6.42 Å². The van der Waals surface area contributed by atoms with Crippen molar-refractivity contribution in [3.05, 3.63) is 28.3 Å². The van der Waals surface area contributed by atoms with Crippen LogP contribution in [-0.4, -0.2) is 7.11 Å². The number of rotatable bonds is 5. The second kappa shape index (κ2) is 8.81. The number of methoxy groups -OCH3 is 1. The van der Waals surface area contributed by atoms with Crippen LogP contribution in [0.25, 0.3) is 0 Å². The molecular formula is C25H40O. The van der Waals surface area contributed by atoms with Crippen molar-refractivity contribution in [2.45, 2.75) is 91.9 Å². The van der Waals surface area contributed by atoms with E-state index >= 15 is 0 Å². The highest BCUT2D eigenvalue weighted by Crippen LogP contribution is 2.40. The third kappa shape index (κ3) is 4.65. The molecule has 2 saturated carbocycles. The maximum atomic E-state index is 5.62. The van der Waals surface area contributed by atoms with Crippen LogP contribution in [0.4, 0.5) is 0 Å². The molecule has 0 bridgehead atoms. The van der Waals surface area contributed by atoms with Gasteiger partial charge in [-0.15, -0.1) is 0 Å². The summed E-state index contributed by atoms with van der Waals surface area (Å²) in [5.74, 6) is 4.99. The standard InChI is InChI=1S/C25H40O/c1-17-6-8-21(9-7-17)15-22-10-12-23(13-11-22)16-24-19(3)18(2)14-25(26-5)20(24)4/h14,17,21-23H,6-13,15-16H2,1-5H3. The van der Waals surface area contributed by atoms with Gasteiger partial charge < -0.3 is 4.74 Å². The minimum Gasteiger partial charge on any atom is -0.496 e. The number of hydrogen-bond acceptors (Lipinski definition) is 1. The van der Waals surface area contributed by atoms with E-state index in [0.717, 1.165) is 29.4 Å². The lowest BCUT2D eigenvalue weighted by Gasteiger charge is -2.34. The zero-order chi connectivity index (χ0) is 18.7.